The Bertz CT molecular complexity index is 209. The van der Waals surface area contributed by atoms with Crippen molar-refractivity contribution in [1.82, 2.24) is 0 Å². The molecule has 1 atom stereocenters. The molecule has 0 saturated carbocycles. The fraction of sp³-hybridized carbons (Fsp3) is 0.778. The molecule has 0 N–H and O–H groups in total. The first kappa shape index (κ1) is 11.8. The van der Waals surface area contributed by atoms with Crippen LogP contribution in [-0.2, 0) is 14.3 Å². The lowest BCUT2D eigenvalue weighted by atomic mass is 9.95. The molecule has 4 heteroatoms. The monoisotopic (exact) mass is 185 g/mol. The minimum Gasteiger partial charge on any atom is -0.466 e. The molecule has 0 saturated heterocycles. The number of carbonyl (C=O) groups excluding carboxylic acids is 1. The first-order chi connectivity index (χ1) is 6.16. The van der Waals surface area contributed by atoms with Gasteiger partial charge in [0.1, 0.15) is 0 Å². The molecule has 0 rings (SSSR count). The number of methoxy groups -OCH3 is 1. The Labute approximate surface area is 78.4 Å². The molecule has 0 aromatic rings. The second-order valence-electron chi connectivity index (χ2n) is 2.78. The van der Waals surface area contributed by atoms with Gasteiger partial charge in [0, 0.05) is 0 Å². The van der Waals surface area contributed by atoms with Gasteiger partial charge in [0.15, 0.2) is 0 Å². The van der Waals surface area contributed by atoms with E-state index in [9.17, 15) is 4.79 Å². The maximum Gasteiger partial charge on any atom is 0.351 e. The molecule has 0 amide bonds. The van der Waals surface area contributed by atoms with Gasteiger partial charge in [-0.1, -0.05) is 20.3 Å². The van der Waals surface area contributed by atoms with E-state index in [4.69, 9.17) is 10.00 Å². The van der Waals surface area contributed by atoms with E-state index >= 15 is 0 Å². The topological polar surface area (TPSA) is 59.3 Å². The van der Waals surface area contributed by atoms with Crippen LogP contribution in [0.15, 0.2) is 0 Å². The molecular weight excluding hydrogens is 170 g/mol. The zero-order valence-electron chi connectivity index (χ0n) is 8.29. The third kappa shape index (κ3) is 2.62. The number of nitriles is 1. The Hall–Kier alpha value is -1.24. The van der Waals surface area contributed by atoms with Gasteiger partial charge in [-0.3, -0.25) is 0 Å². The summed E-state index contributed by atoms with van der Waals surface area (Å²) in [4.78, 5) is 11.3. The van der Waals surface area contributed by atoms with Gasteiger partial charge in [-0.2, -0.15) is 5.26 Å². The fourth-order valence-electron chi connectivity index (χ4n) is 1.27. The Morgan fingerprint density at radius 1 is 1.54 bits per heavy atom. The third-order valence-electron chi connectivity index (χ3n) is 2.02. The second kappa shape index (κ2) is 5.41. The summed E-state index contributed by atoms with van der Waals surface area (Å²) < 4.78 is 9.40. The Morgan fingerprint density at radius 3 is 2.46 bits per heavy atom. The molecule has 0 unspecified atom stereocenters. The van der Waals surface area contributed by atoms with Crippen molar-refractivity contribution in [3.05, 3.63) is 0 Å². The number of hydrogen-bond donors (Lipinski definition) is 0. The van der Waals surface area contributed by atoms with Crippen molar-refractivity contribution in [3.63, 3.8) is 0 Å². The molecule has 0 radical (unpaired) electrons. The Balaban J connectivity index is 4.64. The summed E-state index contributed by atoms with van der Waals surface area (Å²) in [5.41, 5.74) is -1.07. The summed E-state index contributed by atoms with van der Waals surface area (Å²) in [6, 6.07) is 0. The number of rotatable bonds is 5. The van der Waals surface area contributed by atoms with E-state index in [1.54, 1.807) is 13.2 Å². The van der Waals surface area contributed by atoms with E-state index < -0.39 is 11.6 Å². The molecule has 0 heterocycles. The van der Waals surface area contributed by atoms with Crippen LogP contribution in [0.3, 0.4) is 0 Å². The van der Waals surface area contributed by atoms with Crippen molar-refractivity contribution in [2.45, 2.75) is 38.7 Å². The van der Waals surface area contributed by atoms with Crippen molar-refractivity contribution < 1.29 is 14.3 Å². The fourth-order valence-corrected chi connectivity index (χ4v) is 1.27. The minimum absolute atomic E-state index is 0.446. The highest BCUT2D eigenvalue weighted by Crippen LogP contribution is 2.23. The van der Waals surface area contributed by atoms with Gasteiger partial charge in [0.2, 0.25) is 5.60 Å². The van der Waals surface area contributed by atoms with Crippen molar-refractivity contribution in [3.8, 4) is 6.26 Å². The van der Waals surface area contributed by atoms with Crippen LogP contribution in [0.25, 0.3) is 0 Å². The lowest BCUT2D eigenvalue weighted by Crippen LogP contribution is -2.40. The average molecular weight is 185 g/mol. The molecule has 0 aliphatic heterocycles. The molecule has 0 bridgehead atoms. The van der Waals surface area contributed by atoms with Gasteiger partial charge in [-0.05, 0) is 12.8 Å². The molecule has 74 valence electrons. The van der Waals surface area contributed by atoms with Gasteiger partial charge in [0.05, 0.1) is 7.11 Å². The van der Waals surface area contributed by atoms with Crippen molar-refractivity contribution in [2.24, 2.45) is 0 Å². The molecule has 0 aliphatic carbocycles. The molecular formula is C9H15NO3. The van der Waals surface area contributed by atoms with E-state index in [-0.39, 0.29) is 0 Å². The summed E-state index contributed by atoms with van der Waals surface area (Å²) in [5.74, 6) is -0.474. The van der Waals surface area contributed by atoms with Gasteiger partial charge < -0.3 is 9.47 Å². The normalized spacial score (nSPS) is 14.0. The molecule has 4 nitrogen and oxygen atoms in total. The summed E-state index contributed by atoms with van der Waals surface area (Å²) in [7, 11) is 1.29. The maximum absolute atomic E-state index is 11.3. The molecule has 0 aromatic heterocycles. The van der Waals surface area contributed by atoms with Crippen molar-refractivity contribution in [1.29, 1.82) is 5.26 Å². The summed E-state index contributed by atoms with van der Waals surface area (Å²) >= 11 is 0. The Kier molecular flexibility index (Phi) is 4.90. The van der Waals surface area contributed by atoms with Gasteiger partial charge in [0.25, 0.3) is 6.26 Å². The van der Waals surface area contributed by atoms with E-state index in [1.807, 2.05) is 6.92 Å². The number of nitrogens with zero attached hydrogens (tertiary/aromatic N) is 1. The SMILES string of the molecule is CCC[C@](CC)(OC#N)C(=O)OC. The molecule has 0 spiro atoms. The van der Waals surface area contributed by atoms with E-state index in [0.717, 1.165) is 6.42 Å². The molecule has 13 heavy (non-hydrogen) atoms. The highest BCUT2D eigenvalue weighted by molar-refractivity contribution is 5.79. The summed E-state index contributed by atoms with van der Waals surface area (Å²) in [5, 5.41) is 8.42. The number of carbonyl (C=O) groups is 1. The van der Waals surface area contributed by atoms with Gasteiger partial charge in [-0.25, -0.2) is 4.79 Å². The Morgan fingerprint density at radius 2 is 2.15 bits per heavy atom. The van der Waals surface area contributed by atoms with Crippen molar-refractivity contribution in [2.75, 3.05) is 7.11 Å². The number of esters is 1. The summed E-state index contributed by atoms with van der Waals surface area (Å²) in [6.07, 6.45) is 3.28. The van der Waals surface area contributed by atoms with Crippen LogP contribution in [0.2, 0.25) is 0 Å². The third-order valence-corrected chi connectivity index (χ3v) is 2.02. The van der Waals surface area contributed by atoms with E-state index in [2.05, 4.69) is 4.74 Å². The molecule has 0 aromatic carbocycles. The lowest BCUT2D eigenvalue weighted by Gasteiger charge is -2.25. The van der Waals surface area contributed by atoms with Crippen LogP contribution in [0.1, 0.15) is 33.1 Å². The first-order valence-corrected chi connectivity index (χ1v) is 4.32. The zero-order chi connectivity index (χ0) is 10.3. The van der Waals surface area contributed by atoms with Crippen LogP contribution in [0.4, 0.5) is 0 Å². The molecule has 0 fully saturated rings. The van der Waals surface area contributed by atoms with Crippen LogP contribution in [0, 0.1) is 11.5 Å². The quantitative estimate of drug-likeness (QED) is 0.482. The van der Waals surface area contributed by atoms with E-state index in [0.29, 0.717) is 12.8 Å². The standard InChI is InChI=1S/C9H15NO3/c1-4-6-9(5-2,13-7-10)8(11)12-3/h4-6H2,1-3H3/t9-/m0/s1. The average Bonchev–Trinajstić information content (AvgIpc) is 2.16. The smallest absolute Gasteiger partial charge is 0.351 e. The second-order valence-corrected chi connectivity index (χ2v) is 2.78. The van der Waals surface area contributed by atoms with Crippen LogP contribution >= 0.6 is 0 Å². The van der Waals surface area contributed by atoms with Gasteiger partial charge in [-0.15, -0.1) is 0 Å². The first-order valence-electron chi connectivity index (χ1n) is 4.32. The zero-order valence-corrected chi connectivity index (χ0v) is 8.29. The molecule has 0 aliphatic rings. The maximum atomic E-state index is 11.3. The minimum atomic E-state index is -1.07. The van der Waals surface area contributed by atoms with Gasteiger partial charge >= 0.3 is 5.97 Å². The number of ether oxygens (including phenoxy) is 2. The number of hydrogen-bond acceptors (Lipinski definition) is 4. The van der Waals surface area contributed by atoms with Crippen LogP contribution in [0.5, 0.6) is 0 Å². The largest absolute Gasteiger partial charge is 0.466 e. The predicted octanol–water partition coefficient (Wildman–Crippen LogP) is 1.61. The highest BCUT2D eigenvalue weighted by Gasteiger charge is 2.39. The summed E-state index contributed by atoms with van der Waals surface area (Å²) in [6.45, 7) is 3.72. The van der Waals surface area contributed by atoms with E-state index in [1.165, 1.54) is 7.11 Å². The van der Waals surface area contributed by atoms with Crippen molar-refractivity contribution >= 4 is 5.97 Å². The predicted molar refractivity (Wildman–Crippen MR) is 46.6 cm³/mol. The highest BCUT2D eigenvalue weighted by atomic mass is 16.6. The lowest BCUT2D eigenvalue weighted by molar-refractivity contribution is -0.163. The van der Waals surface area contributed by atoms with Crippen LogP contribution < -0.4 is 0 Å². The van der Waals surface area contributed by atoms with Crippen LogP contribution in [-0.4, -0.2) is 18.7 Å².